The van der Waals surface area contributed by atoms with Gasteiger partial charge in [-0.2, -0.15) is 0 Å². The Morgan fingerprint density at radius 3 is 2.95 bits per heavy atom. The molecule has 1 aromatic rings. The molecule has 1 fully saturated rings. The van der Waals surface area contributed by atoms with Crippen molar-refractivity contribution >= 4 is 17.5 Å². The van der Waals surface area contributed by atoms with Crippen LogP contribution in [0, 0.1) is 0 Å². The average molecular weight is 287 g/mol. The lowest BCUT2D eigenvalue weighted by molar-refractivity contribution is -0.133. The van der Waals surface area contributed by atoms with Crippen LogP contribution in [0.15, 0.2) is 18.2 Å². The monoisotopic (exact) mass is 287 g/mol. The molecule has 1 aliphatic heterocycles. The van der Waals surface area contributed by atoms with Crippen LogP contribution >= 0.6 is 0 Å². The number of fused-ring (bicyclic) bond motifs is 1. The fourth-order valence-electron chi connectivity index (χ4n) is 3.27. The summed E-state index contributed by atoms with van der Waals surface area (Å²) in [6.45, 7) is 0.879. The third-order valence-electron chi connectivity index (χ3n) is 4.32. The summed E-state index contributed by atoms with van der Waals surface area (Å²) in [4.78, 5) is 25.4. The summed E-state index contributed by atoms with van der Waals surface area (Å²) in [5.41, 5.74) is 8.98. The fraction of sp³-hybridized carbons (Fsp3) is 0.500. The number of nitrogens with one attached hydrogen (secondary N) is 1. The molecule has 0 aromatic heterocycles. The second kappa shape index (κ2) is 5.76. The number of hydrogen-bond donors (Lipinski definition) is 2. The third kappa shape index (κ3) is 3.01. The van der Waals surface area contributed by atoms with E-state index in [1.807, 2.05) is 18.2 Å². The quantitative estimate of drug-likeness (QED) is 0.825. The van der Waals surface area contributed by atoms with Gasteiger partial charge in [0.1, 0.15) is 0 Å². The summed E-state index contributed by atoms with van der Waals surface area (Å²) in [7, 11) is 0. The molecule has 0 spiro atoms. The first-order valence-corrected chi connectivity index (χ1v) is 7.59. The molecule has 112 valence electrons. The van der Waals surface area contributed by atoms with Crippen molar-refractivity contribution in [3.63, 3.8) is 0 Å². The second-order valence-electron chi connectivity index (χ2n) is 5.89. The highest BCUT2D eigenvalue weighted by Gasteiger charge is 2.25. The summed E-state index contributed by atoms with van der Waals surface area (Å²) in [6, 6.07) is 5.93. The van der Waals surface area contributed by atoms with Gasteiger partial charge >= 0.3 is 0 Å². The van der Waals surface area contributed by atoms with Crippen LogP contribution in [-0.4, -0.2) is 29.8 Å². The lowest BCUT2D eigenvalue weighted by atomic mass is 9.87. The predicted octanol–water partition coefficient (Wildman–Crippen LogP) is 1.38. The number of amides is 2. The minimum absolute atomic E-state index is 0.0413. The topological polar surface area (TPSA) is 75.4 Å². The number of nitrogens with zero attached hydrogens (tertiary/aromatic N) is 1. The number of anilines is 1. The molecule has 3 N–H and O–H groups in total. The zero-order valence-corrected chi connectivity index (χ0v) is 12.1. The van der Waals surface area contributed by atoms with E-state index in [-0.39, 0.29) is 24.4 Å². The Labute approximate surface area is 124 Å². The normalized spacial score (nSPS) is 21.2. The minimum Gasteiger partial charge on any atom is -0.399 e. The second-order valence-corrected chi connectivity index (χ2v) is 5.89. The van der Waals surface area contributed by atoms with Crippen molar-refractivity contribution in [3.05, 3.63) is 29.3 Å². The van der Waals surface area contributed by atoms with Crippen LogP contribution in [0.5, 0.6) is 0 Å². The van der Waals surface area contributed by atoms with Crippen molar-refractivity contribution < 1.29 is 9.59 Å². The number of likely N-dealkylation sites (tertiary alicyclic amines) is 1. The van der Waals surface area contributed by atoms with Gasteiger partial charge in [0.25, 0.3) is 0 Å². The molecule has 2 amide bonds. The van der Waals surface area contributed by atoms with Crippen LogP contribution in [0.2, 0.25) is 0 Å². The van der Waals surface area contributed by atoms with Gasteiger partial charge in [-0.1, -0.05) is 6.07 Å². The van der Waals surface area contributed by atoms with E-state index >= 15 is 0 Å². The van der Waals surface area contributed by atoms with Crippen LogP contribution in [0.1, 0.15) is 42.9 Å². The fourth-order valence-corrected chi connectivity index (χ4v) is 3.27. The number of rotatable bonds is 3. The Morgan fingerprint density at radius 2 is 2.19 bits per heavy atom. The molecule has 3 rings (SSSR count). The molecule has 5 nitrogen and oxygen atoms in total. The number of carbonyl (C=O) groups is 2. The number of hydrogen-bond acceptors (Lipinski definition) is 3. The zero-order valence-electron chi connectivity index (χ0n) is 12.1. The molecule has 5 heteroatoms. The Balaban J connectivity index is 1.66. The average Bonchev–Trinajstić information content (AvgIpc) is 2.84. The van der Waals surface area contributed by atoms with Gasteiger partial charge in [0, 0.05) is 18.7 Å². The van der Waals surface area contributed by atoms with Crippen LogP contribution < -0.4 is 11.1 Å². The number of aryl methyl sites for hydroxylation is 1. The summed E-state index contributed by atoms with van der Waals surface area (Å²) in [5, 5.41) is 3.07. The smallest absolute Gasteiger partial charge is 0.240 e. The lowest BCUT2D eigenvalue weighted by Crippen LogP contribution is -2.40. The van der Waals surface area contributed by atoms with Gasteiger partial charge < -0.3 is 16.0 Å². The Kier molecular flexibility index (Phi) is 3.82. The van der Waals surface area contributed by atoms with Crippen molar-refractivity contribution in [2.45, 2.75) is 38.1 Å². The third-order valence-corrected chi connectivity index (χ3v) is 4.32. The molecule has 1 aromatic carbocycles. The van der Waals surface area contributed by atoms with E-state index in [0.717, 1.165) is 36.9 Å². The maximum Gasteiger partial charge on any atom is 0.240 e. The summed E-state index contributed by atoms with van der Waals surface area (Å²) < 4.78 is 0. The van der Waals surface area contributed by atoms with Gasteiger partial charge in [-0.05, 0) is 48.9 Å². The molecule has 21 heavy (non-hydrogen) atoms. The highest BCUT2D eigenvalue weighted by Crippen LogP contribution is 2.30. The van der Waals surface area contributed by atoms with Crippen molar-refractivity contribution in [1.82, 2.24) is 10.2 Å². The van der Waals surface area contributed by atoms with Crippen LogP contribution in [0.3, 0.4) is 0 Å². The minimum atomic E-state index is -0.0695. The lowest BCUT2D eigenvalue weighted by Gasteiger charge is -2.27. The highest BCUT2D eigenvalue weighted by atomic mass is 16.2. The summed E-state index contributed by atoms with van der Waals surface area (Å²) in [6.07, 6.45) is 4.43. The zero-order chi connectivity index (χ0) is 14.8. The van der Waals surface area contributed by atoms with E-state index in [4.69, 9.17) is 5.73 Å². The molecular formula is C16H21N3O2. The Bertz CT molecular complexity index is 571. The standard InChI is InChI=1S/C16H21N3O2/c17-12-6-7-13-11(9-12)3-1-4-14(13)18-15(20)10-19-8-2-5-16(19)21/h6-7,9,14H,1-5,8,10,17H2,(H,18,20)/t14-/m0/s1. The Morgan fingerprint density at radius 1 is 1.33 bits per heavy atom. The van der Waals surface area contributed by atoms with Crippen LogP contribution in [0.25, 0.3) is 0 Å². The number of benzene rings is 1. The SMILES string of the molecule is Nc1ccc2c(c1)CCC[C@@H]2NC(=O)CN1CCCC1=O. The first-order valence-electron chi connectivity index (χ1n) is 7.59. The van der Waals surface area contributed by atoms with E-state index < -0.39 is 0 Å². The van der Waals surface area contributed by atoms with Gasteiger partial charge in [0.05, 0.1) is 12.6 Å². The molecular weight excluding hydrogens is 266 g/mol. The maximum atomic E-state index is 12.2. The molecule has 0 radical (unpaired) electrons. The van der Waals surface area contributed by atoms with E-state index in [1.165, 1.54) is 5.56 Å². The van der Waals surface area contributed by atoms with Crippen molar-refractivity contribution in [1.29, 1.82) is 0 Å². The number of carbonyl (C=O) groups excluding carboxylic acids is 2. The summed E-state index contributed by atoms with van der Waals surface area (Å²) >= 11 is 0. The van der Waals surface area contributed by atoms with E-state index in [2.05, 4.69) is 5.32 Å². The molecule has 0 bridgehead atoms. The van der Waals surface area contributed by atoms with Gasteiger partial charge in [-0.25, -0.2) is 0 Å². The van der Waals surface area contributed by atoms with Crippen molar-refractivity contribution in [3.8, 4) is 0 Å². The van der Waals surface area contributed by atoms with Gasteiger partial charge in [-0.3, -0.25) is 9.59 Å². The van der Waals surface area contributed by atoms with Crippen LogP contribution in [0.4, 0.5) is 5.69 Å². The number of nitrogens with two attached hydrogens (primary N) is 1. The molecule has 1 aliphatic carbocycles. The molecule has 1 saturated heterocycles. The molecule has 2 aliphatic rings. The van der Waals surface area contributed by atoms with Gasteiger partial charge in [-0.15, -0.1) is 0 Å². The number of nitrogen functional groups attached to an aromatic ring is 1. The largest absolute Gasteiger partial charge is 0.399 e. The first kappa shape index (κ1) is 13.9. The Hall–Kier alpha value is -2.04. The van der Waals surface area contributed by atoms with E-state index in [0.29, 0.717) is 13.0 Å². The van der Waals surface area contributed by atoms with Gasteiger partial charge in [0.15, 0.2) is 0 Å². The van der Waals surface area contributed by atoms with Crippen molar-refractivity contribution in [2.75, 3.05) is 18.8 Å². The maximum absolute atomic E-state index is 12.2. The van der Waals surface area contributed by atoms with Crippen molar-refractivity contribution in [2.24, 2.45) is 0 Å². The highest BCUT2D eigenvalue weighted by molar-refractivity contribution is 5.86. The summed E-state index contributed by atoms with van der Waals surface area (Å²) in [5.74, 6) is 0.0156. The van der Waals surface area contributed by atoms with Crippen LogP contribution in [-0.2, 0) is 16.0 Å². The van der Waals surface area contributed by atoms with E-state index in [1.54, 1.807) is 4.90 Å². The van der Waals surface area contributed by atoms with E-state index in [9.17, 15) is 9.59 Å². The molecule has 1 heterocycles. The molecule has 1 atom stereocenters. The molecule has 0 unspecified atom stereocenters. The molecule has 0 saturated carbocycles. The van der Waals surface area contributed by atoms with Gasteiger partial charge in [0.2, 0.25) is 11.8 Å². The predicted molar refractivity (Wildman–Crippen MR) is 80.5 cm³/mol. The first-order chi connectivity index (χ1) is 10.1.